The Hall–Kier alpha value is -0.846. The van der Waals surface area contributed by atoms with E-state index in [0.717, 1.165) is 11.1 Å². The van der Waals surface area contributed by atoms with Crippen LogP contribution in [0.2, 0.25) is 13.1 Å². The fourth-order valence-corrected chi connectivity index (χ4v) is 5.11. The molecule has 0 bridgehead atoms. The molecule has 138 valence electrons. The van der Waals surface area contributed by atoms with Crippen LogP contribution in [0.3, 0.4) is 0 Å². The summed E-state index contributed by atoms with van der Waals surface area (Å²) in [4.78, 5) is 12.1. The summed E-state index contributed by atoms with van der Waals surface area (Å²) >= 11 is 0. The van der Waals surface area contributed by atoms with Gasteiger partial charge in [-0.05, 0) is 6.42 Å². The monoisotopic (exact) mass is 379 g/mol. The van der Waals surface area contributed by atoms with Crippen molar-refractivity contribution in [1.29, 1.82) is 0 Å². The van der Waals surface area contributed by atoms with E-state index in [4.69, 9.17) is 8.85 Å². The number of nitrogens with zero attached hydrogens (tertiary/aromatic N) is 3. The summed E-state index contributed by atoms with van der Waals surface area (Å²) in [5.41, 5.74) is -1.27. The molecule has 24 heavy (non-hydrogen) atoms. The third-order valence-electron chi connectivity index (χ3n) is 4.15. The van der Waals surface area contributed by atoms with E-state index in [2.05, 4.69) is 5.10 Å². The van der Waals surface area contributed by atoms with E-state index in [1.807, 2.05) is 13.1 Å². The van der Waals surface area contributed by atoms with Gasteiger partial charge in [-0.15, -0.1) is 0 Å². The van der Waals surface area contributed by atoms with E-state index in [1.54, 1.807) is 13.8 Å². The van der Waals surface area contributed by atoms with Gasteiger partial charge in [0.25, 0.3) is 5.92 Å². The third-order valence-corrected chi connectivity index (χ3v) is 5.42. The van der Waals surface area contributed by atoms with E-state index in [9.17, 15) is 13.6 Å². The molecule has 0 saturated heterocycles. The minimum absolute atomic E-state index is 0.415. The summed E-state index contributed by atoms with van der Waals surface area (Å²) in [5, 5.41) is 4.06. The van der Waals surface area contributed by atoms with Crippen LogP contribution in [0.25, 0.3) is 0 Å². The molecule has 0 radical (unpaired) electrons. The average Bonchev–Trinajstić information content (AvgIpc) is 3.01. The lowest BCUT2D eigenvalue weighted by Gasteiger charge is -2.36. The van der Waals surface area contributed by atoms with Crippen molar-refractivity contribution < 1.29 is 17.6 Å². The normalized spacial score (nSPS) is 17.4. The molecule has 1 aliphatic heterocycles. The SMILES string of the molecule is C[SiH2]OC(O[SiH2]C)C(C)(C)CC(F)(F)Cn1nc2n(c1=O)CCC2. The van der Waals surface area contributed by atoms with Gasteiger partial charge in [0.15, 0.2) is 19.5 Å². The number of rotatable bonds is 9. The van der Waals surface area contributed by atoms with Gasteiger partial charge < -0.3 is 8.85 Å². The molecule has 0 aliphatic carbocycles. The summed E-state index contributed by atoms with van der Waals surface area (Å²) in [6, 6.07) is 0. The quantitative estimate of drug-likeness (QED) is 0.467. The predicted molar refractivity (Wildman–Crippen MR) is 92.9 cm³/mol. The Morgan fingerprint density at radius 1 is 1.29 bits per heavy atom. The highest BCUT2D eigenvalue weighted by molar-refractivity contribution is 6.26. The molecule has 10 heteroatoms. The Bertz CT molecular complexity index is 613. The van der Waals surface area contributed by atoms with Crippen LogP contribution in [0.5, 0.6) is 0 Å². The summed E-state index contributed by atoms with van der Waals surface area (Å²) in [7, 11) is -1.53. The van der Waals surface area contributed by atoms with Crippen molar-refractivity contribution in [3.8, 4) is 0 Å². The summed E-state index contributed by atoms with van der Waals surface area (Å²) in [5.74, 6) is -2.45. The van der Waals surface area contributed by atoms with Crippen LogP contribution < -0.4 is 5.69 Å². The van der Waals surface area contributed by atoms with Crippen LogP contribution in [-0.2, 0) is 28.4 Å². The average molecular weight is 380 g/mol. The topological polar surface area (TPSA) is 58.3 Å². The van der Waals surface area contributed by atoms with Gasteiger partial charge >= 0.3 is 5.69 Å². The Morgan fingerprint density at radius 3 is 2.46 bits per heavy atom. The van der Waals surface area contributed by atoms with Crippen molar-refractivity contribution in [3.05, 3.63) is 16.3 Å². The van der Waals surface area contributed by atoms with E-state index in [0.29, 0.717) is 18.8 Å². The van der Waals surface area contributed by atoms with E-state index >= 15 is 0 Å². The third kappa shape index (κ3) is 4.41. The molecule has 1 aliphatic rings. The van der Waals surface area contributed by atoms with Gasteiger partial charge in [0.1, 0.15) is 18.7 Å². The molecule has 0 spiro atoms. The van der Waals surface area contributed by atoms with Crippen LogP contribution in [0.15, 0.2) is 4.79 Å². The smallest absolute Gasteiger partial charge is 0.346 e. The van der Waals surface area contributed by atoms with Crippen LogP contribution in [-0.4, -0.2) is 46.1 Å². The number of hydrogen-bond acceptors (Lipinski definition) is 4. The van der Waals surface area contributed by atoms with Gasteiger partial charge in [-0.25, -0.2) is 18.3 Å². The summed E-state index contributed by atoms with van der Waals surface area (Å²) in [6.07, 6.45) is 0.508. The maximum absolute atomic E-state index is 14.6. The maximum Gasteiger partial charge on any atom is 0.346 e. The molecule has 0 saturated carbocycles. The van der Waals surface area contributed by atoms with Gasteiger partial charge in [0.05, 0.1) is 0 Å². The Morgan fingerprint density at radius 2 is 1.92 bits per heavy atom. The zero-order valence-corrected chi connectivity index (χ0v) is 17.7. The van der Waals surface area contributed by atoms with Crippen molar-refractivity contribution in [1.82, 2.24) is 14.3 Å². The first-order valence-corrected chi connectivity index (χ1v) is 12.5. The molecular formula is C14H27F2N3O3Si2. The number of alkyl halides is 2. The molecule has 0 amide bonds. The minimum Gasteiger partial charge on any atom is -0.400 e. The van der Waals surface area contributed by atoms with E-state index < -0.39 is 55.8 Å². The summed E-state index contributed by atoms with van der Waals surface area (Å²) < 4.78 is 42.9. The molecule has 6 nitrogen and oxygen atoms in total. The van der Waals surface area contributed by atoms with Gasteiger partial charge in [0, 0.05) is 24.8 Å². The molecule has 0 atom stereocenters. The lowest BCUT2D eigenvalue weighted by molar-refractivity contribution is -0.133. The van der Waals surface area contributed by atoms with Crippen molar-refractivity contribution in [2.75, 3.05) is 0 Å². The highest BCUT2D eigenvalue weighted by Gasteiger charge is 2.43. The Labute approximate surface area is 145 Å². The van der Waals surface area contributed by atoms with Gasteiger partial charge in [-0.3, -0.25) is 4.57 Å². The molecular weight excluding hydrogens is 352 g/mol. The Kier molecular flexibility index (Phi) is 6.16. The largest absolute Gasteiger partial charge is 0.400 e. The van der Waals surface area contributed by atoms with Crippen molar-refractivity contribution in [3.63, 3.8) is 0 Å². The van der Waals surface area contributed by atoms with Gasteiger partial charge in [0.2, 0.25) is 0 Å². The lowest BCUT2D eigenvalue weighted by atomic mass is 9.85. The zero-order chi connectivity index (χ0) is 18.0. The first-order chi connectivity index (χ1) is 11.2. The summed E-state index contributed by atoms with van der Waals surface area (Å²) in [6.45, 7) is 7.24. The van der Waals surface area contributed by atoms with Crippen LogP contribution in [0, 0.1) is 5.41 Å². The number of aryl methyl sites for hydroxylation is 1. The predicted octanol–water partition coefficient (Wildman–Crippen LogP) is 0.666. The maximum atomic E-state index is 14.6. The van der Waals surface area contributed by atoms with Crippen LogP contribution in [0.4, 0.5) is 8.78 Å². The molecule has 2 heterocycles. The standard InChI is InChI=1S/C14H27F2N3O3Si2/c1-13(2,11(21-23-3)22-24-4)8-14(15,16)9-19-12(20)18-7-5-6-10(18)17-19/h11H,5-9,23-24H2,1-4H3. The van der Waals surface area contributed by atoms with Crippen molar-refractivity contribution >= 4 is 19.5 Å². The second kappa shape index (κ2) is 7.58. The fraction of sp³-hybridized carbons (Fsp3) is 0.857. The highest BCUT2D eigenvalue weighted by atomic mass is 28.2. The first-order valence-electron chi connectivity index (χ1n) is 8.47. The minimum atomic E-state index is -3.06. The number of aromatic nitrogens is 3. The number of halogens is 2. The van der Waals surface area contributed by atoms with Crippen molar-refractivity contribution in [2.24, 2.45) is 5.41 Å². The second-order valence-electron chi connectivity index (χ2n) is 6.88. The van der Waals surface area contributed by atoms with Gasteiger partial charge in [-0.2, -0.15) is 5.10 Å². The fourth-order valence-electron chi connectivity index (χ4n) is 3.22. The lowest BCUT2D eigenvalue weighted by Crippen LogP contribution is -2.42. The molecule has 0 aromatic carbocycles. The van der Waals surface area contributed by atoms with Crippen LogP contribution >= 0.6 is 0 Å². The van der Waals surface area contributed by atoms with Crippen molar-refractivity contribution in [2.45, 2.75) is 71.5 Å². The zero-order valence-electron chi connectivity index (χ0n) is 14.8. The van der Waals surface area contributed by atoms with E-state index in [1.165, 1.54) is 4.57 Å². The van der Waals surface area contributed by atoms with Gasteiger partial charge in [-0.1, -0.05) is 26.9 Å². The molecule has 0 N–H and O–H groups in total. The van der Waals surface area contributed by atoms with Crippen LogP contribution in [0.1, 0.15) is 32.5 Å². The molecule has 1 aromatic rings. The first kappa shape index (κ1) is 19.5. The molecule has 2 rings (SSSR count). The number of hydrogen-bond donors (Lipinski definition) is 0. The molecule has 0 unspecified atom stereocenters. The molecule has 1 aromatic heterocycles. The Balaban J connectivity index is 2.10. The van der Waals surface area contributed by atoms with E-state index in [-0.39, 0.29) is 0 Å². The second-order valence-corrected chi connectivity index (χ2v) is 8.70. The molecule has 0 fully saturated rings. The highest BCUT2D eigenvalue weighted by Crippen LogP contribution is 2.37. The number of fused-ring (bicyclic) bond motifs is 1.